The van der Waals surface area contributed by atoms with Gasteiger partial charge in [0, 0.05) is 23.8 Å². The molecule has 0 aromatic carbocycles. The van der Waals surface area contributed by atoms with Crippen LogP contribution in [0.15, 0.2) is 22.8 Å². The first kappa shape index (κ1) is 15.9. The molecule has 8 heteroatoms. The fraction of sp³-hybridized carbons (Fsp3) is 0.462. The van der Waals surface area contributed by atoms with Crippen molar-refractivity contribution in [2.24, 2.45) is 0 Å². The lowest BCUT2D eigenvalue weighted by atomic mass is 9.96. The predicted molar refractivity (Wildman–Crippen MR) is 79.0 cm³/mol. The van der Waals surface area contributed by atoms with Crippen LogP contribution in [0.25, 0.3) is 0 Å². The van der Waals surface area contributed by atoms with Gasteiger partial charge < -0.3 is 15.2 Å². The van der Waals surface area contributed by atoms with Crippen LogP contribution in [0.1, 0.15) is 6.92 Å². The average Bonchev–Trinajstić information content (AvgIpc) is 2.37. The number of hydrogen-bond donors (Lipinski definition) is 2. The lowest BCUT2D eigenvalue weighted by molar-refractivity contribution is -0.165. The van der Waals surface area contributed by atoms with E-state index in [4.69, 9.17) is 9.84 Å². The summed E-state index contributed by atoms with van der Waals surface area (Å²) in [5.41, 5.74) is -0.492. The average molecular weight is 358 g/mol. The Balaban J connectivity index is 1.73. The SMILES string of the molecule is CC1(OCC(=O)O)CN(CC(=O)Nc2ccc(Br)cn2)C1. The molecule has 1 aliphatic rings. The van der Waals surface area contributed by atoms with E-state index in [1.807, 2.05) is 11.8 Å². The number of ether oxygens (including phenoxy) is 1. The Bertz CT molecular complexity index is 529. The van der Waals surface area contributed by atoms with Crippen LogP contribution < -0.4 is 5.32 Å². The van der Waals surface area contributed by atoms with Crippen molar-refractivity contribution in [1.29, 1.82) is 0 Å². The minimum Gasteiger partial charge on any atom is -0.480 e. The first-order valence-corrected chi connectivity index (χ1v) is 7.15. The topological polar surface area (TPSA) is 91.8 Å². The first-order valence-electron chi connectivity index (χ1n) is 6.36. The molecule has 0 unspecified atom stereocenters. The summed E-state index contributed by atoms with van der Waals surface area (Å²) in [5.74, 6) is -0.660. The molecule has 1 fully saturated rings. The van der Waals surface area contributed by atoms with Gasteiger partial charge in [-0.05, 0) is 35.0 Å². The van der Waals surface area contributed by atoms with Crippen LogP contribution in [0.2, 0.25) is 0 Å². The quantitative estimate of drug-likeness (QED) is 0.787. The van der Waals surface area contributed by atoms with Gasteiger partial charge in [0.1, 0.15) is 12.4 Å². The number of nitrogens with zero attached hydrogens (tertiary/aromatic N) is 2. The van der Waals surface area contributed by atoms with E-state index in [1.165, 1.54) is 0 Å². The second kappa shape index (κ2) is 6.50. The number of aliphatic carboxylic acids is 1. The zero-order valence-electron chi connectivity index (χ0n) is 11.5. The first-order chi connectivity index (χ1) is 9.86. The van der Waals surface area contributed by atoms with E-state index in [2.05, 4.69) is 26.2 Å². The van der Waals surface area contributed by atoms with E-state index in [-0.39, 0.29) is 19.1 Å². The Hall–Kier alpha value is -1.51. The Morgan fingerprint density at radius 2 is 2.24 bits per heavy atom. The molecule has 0 aliphatic carbocycles. The molecule has 0 bridgehead atoms. The third-order valence-corrected chi connectivity index (χ3v) is 3.49. The number of carboxylic acid groups (broad SMARTS) is 1. The van der Waals surface area contributed by atoms with Crippen molar-refractivity contribution in [2.75, 3.05) is 31.6 Å². The van der Waals surface area contributed by atoms with Crippen LogP contribution in [0.4, 0.5) is 5.82 Å². The van der Waals surface area contributed by atoms with Gasteiger partial charge in [0.15, 0.2) is 0 Å². The molecular formula is C13H16BrN3O4. The number of carbonyl (C=O) groups excluding carboxylic acids is 1. The van der Waals surface area contributed by atoms with E-state index < -0.39 is 11.6 Å². The van der Waals surface area contributed by atoms with E-state index in [0.717, 1.165) is 4.47 Å². The zero-order chi connectivity index (χ0) is 15.5. The summed E-state index contributed by atoms with van der Waals surface area (Å²) >= 11 is 3.27. The Kier molecular flexibility index (Phi) is 4.92. The normalized spacial score (nSPS) is 17.0. The molecule has 1 amide bonds. The van der Waals surface area contributed by atoms with Gasteiger partial charge in [-0.3, -0.25) is 9.69 Å². The number of aromatic nitrogens is 1. The van der Waals surface area contributed by atoms with Gasteiger partial charge in [0.05, 0.1) is 12.1 Å². The molecule has 1 aromatic rings. The molecule has 7 nitrogen and oxygen atoms in total. The highest BCUT2D eigenvalue weighted by atomic mass is 79.9. The van der Waals surface area contributed by atoms with Gasteiger partial charge in [0.2, 0.25) is 5.91 Å². The minimum absolute atomic E-state index is 0.162. The predicted octanol–water partition coefficient (Wildman–Crippen LogP) is 0.958. The maximum absolute atomic E-state index is 11.8. The van der Waals surface area contributed by atoms with Crippen molar-refractivity contribution < 1.29 is 19.4 Å². The number of nitrogens with one attached hydrogen (secondary N) is 1. The fourth-order valence-corrected chi connectivity index (χ4v) is 2.41. The van der Waals surface area contributed by atoms with Crippen molar-refractivity contribution in [2.45, 2.75) is 12.5 Å². The smallest absolute Gasteiger partial charge is 0.329 e. The summed E-state index contributed by atoms with van der Waals surface area (Å²) in [4.78, 5) is 28.2. The van der Waals surface area contributed by atoms with Crippen LogP contribution in [0.5, 0.6) is 0 Å². The van der Waals surface area contributed by atoms with E-state index in [0.29, 0.717) is 18.9 Å². The highest BCUT2D eigenvalue weighted by Crippen LogP contribution is 2.24. The summed E-state index contributed by atoms with van der Waals surface area (Å²) < 4.78 is 6.12. The van der Waals surface area contributed by atoms with Gasteiger partial charge in [-0.25, -0.2) is 9.78 Å². The number of amides is 1. The summed E-state index contributed by atoms with van der Waals surface area (Å²) in [7, 11) is 0. The summed E-state index contributed by atoms with van der Waals surface area (Å²) in [6, 6.07) is 3.50. The van der Waals surface area contributed by atoms with Gasteiger partial charge in [0.25, 0.3) is 0 Å². The van der Waals surface area contributed by atoms with Crippen molar-refractivity contribution in [1.82, 2.24) is 9.88 Å². The Labute approximate surface area is 130 Å². The standard InChI is InChI=1S/C13H16BrN3O4/c1-13(21-6-12(19)20)7-17(8-13)5-11(18)16-10-3-2-9(14)4-15-10/h2-4H,5-8H2,1H3,(H,19,20)(H,15,16,18). The van der Waals surface area contributed by atoms with E-state index in [9.17, 15) is 9.59 Å². The summed E-state index contributed by atoms with van der Waals surface area (Å²) in [5, 5.41) is 11.3. The van der Waals surface area contributed by atoms with Gasteiger partial charge in [-0.2, -0.15) is 0 Å². The maximum Gasteiger partial charge on any atom is 0.329 e. The van der Waals surface area contributed by atoms with E-state index in [1.54, 1.807) is 18.3 Å². The van der Waals surface area contributed by atoms with Crippen LogP contribution in [0, 0.1) is 0 Å². The lowest BCUT2D eigenvalue weighted by Crippen LogP contribution is -2.63. The molecule has 21 heavy (non-hydrogen) atoms. The number of carboxylic acids is 1. The monoisotopic (exact) mass is 357 g/mol. The molecule has 0 spiro atoms. The van der Waals surface area contributed by atoms with Crippen LogP contribution in [0.3, 0.4) is 0 Å². The van der Waals surface area contributed by atoms with Crippen molar-refractivity contribution in [3.63, 3.8) is 0 Å². The Morgan fingerprint density at radius 3 is 2.81 bits per heavy atom. The summed E-state index contributed by atoms with van der Waals surface area (Å²) in [6.45, 7) is 2.80. The molecule has 2 heterocycles. The maximum atomic E-state index is 11.8. The number of anilines is 1. The van der Waals surface area contributed by atoms with E-state index >= 15 is 0 Å². The Morgan fingerprint density at radius 1 is 1.52 bits per heavy atom. The number of carbonyl (C=O) groups is 2. The highest BCUT2D eigenvalue weighted by molar-refractivity contribution is 9.10. The highest BCUT2D eigenvalue weighted by Gasteiger charge is 2.40. The largest absolute Gasteiger partial charge is 0.480 e. The molecule has 114 valence electrons. The third-order valence-electron chi connectivity index (χ3n) is 3.02. The third kappa shape index (κ3) is 4.76. The molecule has 2 N–H and O–H groups in total. The van der Waals surface area contributed by atoms with Crippen molar-refractivity contribution >= 4 is 33.6 Å². The van der Waals surface area contributed by atoms with Crippen molar-refractivity contribution in [3.05, 3.63) is 22.8 Å². The number of likely N-dealkylation sites (tertiary alicyclic amines) is 1. The van der Waals surface area contributed by atoms with Gasteiger partial charge >= 0.3 is 5.97 Å². The molecule has 2 rings (SSSR count). The molecule has 1 saturated heterocycles. The molecule has 1 aromatic heterocycles. The van der Waals surface area contributed by atoms with Gasteiger partial charge in [-0.1, -0.05) is 0 Å². The number of pyridine rings is 1. The summed E-state index contributed by atoms with van der Waals surface area (Å²) in [6.07, 6.45) is 1.61. The molecular weight excluding hydrogens is 342 g/mol. The van der Waals surface area contributed by atoms with Crippen LogP contribution in [-0.2, 0) is 14.3 Å². The van der Waals surface area contributed by atoms with Crippen molar-refractivity contribution in [3.8, 4) is 0 Å². The molecule has 0 atom stereocenters. The fourth-order valence-electron chi connectivity index (χ4n) is 2.17. The van der Waals surface area contributed by atoms with Gasteiger partial charge in [-0.15, -0.1) is 0 Å². The number of rotatable bonds is 6. The number of halogens is 1. The minimum atomic E-state index is -0.992. The second-order valence-electron chi connectivity index (χ2n) is 5.19. The second-order valence-corrected chi connectivity index (χ2v) is 6.10. The number of hydrogen-bond acceptors (Lipinski definition) is 5. The molecule has 0 saturated carbocycles. The zero-order valence-corrected chi connectivity index (χ0v) is 13.1. The molecule has 0 radical (unpaired) electrons. The lowest BCUT2D eigenvalue weighted by Gasteiger charge is -2.46. The van der Waals surface area contributed by atoms with Crippen LogP contribution >= 0.6 is 15.9 Å². The van der Waals surface area contributed by atoms with Crippen LogP contribution in [-0.4, -0.2) is 58.7 Å². The molecule has 1 aliphatic heterocycles.